The van der Waals surface area contributed by atoms with Gasteiger partial charge in [-0.15, -0.1) is 0 Å². The van der Waals surface area contributed by atoms with Gasteiger partial charge < -0.3 is 15.4 Å². The molecule has 17 heavy (non-hydrogen) atoms. The highest BCUT2D eigenvalue weighted by Crippen LogP contribution is 2.16. The Bertz CT molecular complexity index is 385. The summed E-state index contributed by atoms with van der Waals surface area (Å²) in [5.41, 5.74) is 6.06. The van der Waals surface area contributed by atoms with Gasteiger partial charge in [-0.3, -0.25) is 9.89 Å². The average molecular weight is 238 g/mol. The lowest BCUT2D eigenvalue weighted by Gasteiger charge is -2.27. The van der Waals surface area contributed by atoms with E-state index in [1.807, 2.05) is 0 Å². The first-order chi connectivity index (χ1) is 8.18. The summed E-state index contributed by atoms with van der Waals surface area (Å²) in [4.78, 5) is 13.7. The summed E-state index contributed by atoms with van der Waals surface area (Å²) in [7, 11) is 1.78. The van der Waals surface area contributed by atoms with E-state index in [1.54, 1.807) is 11.9 Å². The predicted octanol–water partition coefficient (Wildman–Crippen LogP) is 0.490. The Hall–Kier alpha value is -1.56. The third-order valence-corrected chi connectivity index (χ3v) is 3.03. The quantitative estimate of drug-likeness (QED) is 0.802. The van der Waals surface area contributed by atoms with E-state index in [2.05, 4.69) is 10.2 Å². The van der Waals surface area contributed by atoms with Gasteiger partial charge in [0.15, 0.2) is 0 Å². The number of nitrogens with one attached hydrogen (secondary N) is 1. The van der Waals surface area contributed by atoms with Crippen molar-refractivity contribution in [1.82, 2.24) is 15.1 Å². The molecule has 1 aromatic rings. The Morgan fingerprint density at radius 3 is 3.18 bits per heavy atom. The van der Waals surface area contributed by atoms with Crippen LogP contribution < -0.4 is 5.73 Å². The molecule has 0 bridgehead atoms. The van der Waals surface area contributed by atoms with Crippen LogP contribution in [-0.2, 0) is 4.74 Å². The molecule has 0 aliphatic carbocycles. The van der Waals surface area contributed by atoms with Crippen molar-refractivity contribution in [3.8, 4) is 0 Å². The van der Waals surface area contributed by atoms with Crippen LogP contribution in [0.5, 0.6) is 0 Å². The lowest BCUT2D eigenvalue weighted by atomic mass is 10.0. The number of nitrogens with zero attached hydrogens (tertiary/aromatic N) is 2. The number of nitrogen functional groups attached to an aromatic ring is 1. The van der Waals surface area contributed by atoms with E-state index >= 15 is 0 Å². The molecule has 6 nitrogen and oxygen atoms in total. The Morgan fingerprint density at radius 1 is 1.76 bits per heavy atom. The highest BCUT2D eigenvalue weighted by atomic mass is 16.5. The van der Waals surface area contributed by atoms with Crippen LogP contribution in [0.15, 0.2) is 6.20 Å². The second-order valence-electron chi connectivity index (χ2n) is 4.47. The van der Waals surface area contributed by atoms with Crippen molar-refractivity contribution in [3.63, 3.8) is 0 Å². The maximum Gasteiger partial charge on any atom is 0.258 e. The summed E-state index contributed by atoms with van der Waals surface area (Å²) < 4.78 is 5.40. The van der Waals surface area contributed by atoms with Crippen molar-refractivity contribution in [2.45, 2.75) is 12.8 Å². The summed E-state index contributed by atoms with van der Waals surface area (Å²) >= 11 is 0. The zero-order chi connectivity index (χ0) is 12.3. The number of H-pyrrole nitrogens is 1. The first-order valence-corrected chi connectivity index (χ1v) is 5.80. The molecule has 1 unspecified atom stereocenters. The molecule has 2 rings (SSSR count). The number of aromatic nitrogens is 2. The zero-order valence-corrected chi connectivity index (χ0v) is 9.98. The van der Waals surface area contributed by atoms with Crippen molar-refractivity contribution in [1.29, 1.82) is 0 Å². The smallest absolute Gasteiger partial charge is 0.258 e. The molecule has 0 saturated carbocycles. The highest BCUT2D eigenvalue weighted by molar-refractivity contribution is 5.97. The molecule has 1 saturated heterocycles. The predicted molar refractivity (Wildman–Crippen MR) is 63.5 cm³/mol. The molecule has 94 valence electrons. The SMILES string of the molecule is CN(CC1CCCOC1)C(=O)c1cn[nH]c1N. The number of aromatic amines is 1. The normalized spacial score (nSPS) is 20.2. The van der Waals surface area contributed by atoms with Gasteiger partial charge >= 0.3 is 0 Å². The number of nitrogens with two attached hydrogens (primary N) is 1. The summed E-state index contributed by atoms with van der Waals surface area (Å²) in [6, 6.07) is 0. The number of amides is 1. The van der Waals surface area contributed by atoms with Gasteiger partial charge in [-0.2, -0.15) is 5.10 Å². The van der Waals surface area contributed by atoms with Crippen LogP contribution in [0, 0.1) is 5.92 Å². The fraction of sp³-hybridized carbons (Fsp3) is 0.636. The van der Waals surface area contributed by atoms with Gasteiger partial charge in [0.1, 0.15) is 11.4 Å². The molecule has 1 aromatic heterocycles. The maximum atomic E-state index is 12.0. The molecular formula is C11H18N4O2. The van der Waals surface area contributed by atoms with Gasteiger partial charge in [0.2, 0.25) is 0 Å². The fourth-order valence-electron chi connectivity index (χ4n) is 2.09. The molecule has 3 N–H and O–H groups in total. The number of carbonyl (C=O) groups excluding carboxylic acids is 1. The minimum atomic E-state index is -0.0955. The number of hydrogen-bond donors (Lipinski definition) is 2. The topological polar surface area (TPSA) is 84.2 Å². The molecule has 0 aromatic carbocycles. The third kappa shape index (κ3) is 2.76. The van der Waals surface area contributed by atoms with Crippen LogP contribution >= 0.6 is 0 Å². The van der Waals surface area contributed by atoms with E-state index in [1.165, 1.54) is 6.20 Å². The van der Waals surface area contributed by atoms with Crippen LogP contribution in [0.3, 0.4) is 0 Å². The van der Waals surface area contributed by atoms with E-state index in [4.69, 9.17) is 10.5 Å². The number of ether oxygens (including phenoxy) is 1. The van der Waals surface area contributed by atoms with Crippen molar-refractivity contribution in [3.05, 3.63) is 11.8 Å². The zero-order valence-electron chi connectivity index (χ0n) is 9.98. The van der Waals surface area contributed by atoms with Crippen molar-refractivity contribution in [2.75, 3.05) is 32.5 Å². The Labute approximate surface area is 100 Å². The van der Waals surface area contributed by atoms with E-state index in [9.17, 15) is 4.79 Å². The van der Waals surface area contributed by atoms with Crippen LogP contribution in [0.1, 0.15) is 23.2 Å². The first-order valence-electron chi connectivity index (χ1n) is 5.80. The molecular weight excluding hydrogens is 220 g/mol. The number of carbonyl (C=O) groups is 1. The van der Waals surface area contributed by atoms with Crippen LogP contribution in [0.25, 0.3) is 0 Å². The van der Waals surface area contributed by atoms with E-state index in [0.717, 1.165) is 26.1 Å². The lowest BCUT2D eigenvalue weighted by Crippen LogP contribution is -2.35. The van der Waals surface area contributed by atoms with Crippen molar-refractivity contribution in [2.24, 2.45) is 5.92 Å². The molecule has 6 heteroatoms. The molecule has 2 heterocycles. The van der Waals surface area contributed by atoms with Gasteiger partial charge in [0, 0.05) is 20.2 Å². The van der Waals surface area contributed by atoms with Gasteiger partial charge in [-0.25, -0.2) is 0 Å². The van der Waals surface area contributed by atoms with Gasteiger partial charge in [-0.05, 0) is 18.8 Å². The Balaban J connectivity index is 1.93. The highest BCUT2D eigenvalue weighted by Gasteiger charge is 2.21. The maximum absolute atomic E-state index is 12.0. The number of rotatable bonds is 3. The Morgan fingerprint density at radius 2 is 2.59 bits per heavy atom. The Kier molecular flexibility index (Phi) is 3.63. The number of hydrogen-bond acceptors (Lipinski definition) is 4. The second-order valence-corrected chi connectivity index (χ2v) is 4.47. The van der Waals surface area contributed by atoms with E-state index in [-0.39, 0.29) is 5.91 Å². The lowest BCUT2D eigenvalue weighted by molar-refractivity contribution is 0.0389. The van der Waals surface area contributed by atoms with Crippen LogP contribution in [0.4, 0.5) is 5.82 Å². The van der Waals surface area contributed by atoms with Gasteiger partial charge in [-0.1, -0.05) is 0 Å². The van der Waals surface area contributed by atoms with Gasteiger partial charge in [0.05, 0.1) is 12.8 Å². The second kappa shape index (κ2) is 5.18. The van der Waals surface area contributed by atoms with Crippen molar-refractivity contribution >= 4 is 11.7 Å². The van der Waals surface area contributed by atoms with Crippen LogP contribution in [-0.4, -0.2) is 47.8 Å². The standard InChI is InChI=1S/C11H18N4O2/c1-15(6-8-3-2-4-17-7-8)11(16)9-5-13-14-10(9)12/h5,8H,2-4,6-7H2,1H3,(H3,12,13,14). The summed E-state index contributed by atoms with van der Waals surface area (Å²) in [6.07, 6.45) is 3.64. The molecule has 1 fully saturated rings. The summed E-state index contributed by atoms with van der Waals surface area (Å²) in [5, 5.41) is 6.31. The minimum absolute atomic E-state index is 0.0955. The average Bonchev–Trinajstić information content (AvgIpc) is 2.76. The fourth-order valence-corrected chi connectivity index (χ4v) is 2.09. The van der Waals surface area contributed by atoms with Gasteiger partial charge in [0.25, 0.3) is 5.91 Å². The molecule has 1 aliphatic rings. The van der Waals surface area contributed by atoms with E-state index in [0.29, 0.717) is 23.8 Å². The molecule has 0 spiro atoms. The van der Waals surface area contributed by atoms with Crippen LogP contribution in [0.2, 0.25) is 0 Å². The van der Waals surface area contributed by atoms with E-state index < -0.39 is 0 Å². The summed E-state index contributed by atoms with van der Waals surface area (Å²) in [5.74, 6) is 0.648. The molecule has 1 aliphatic heterocycles. The minimum Gasteiger partial charge on any atom is -0.383 e. The monoisotopic (exact) mass is 238 g/mol. The molecule has 1 atom stereocenters. The molecule has 0 radical (unpaired) electrons. The largest absolute Gasteiger partial charge is 0.383 e. The summed E-state index contributed by atoms with van der Waals surface area (Å²) in [6.45, 7) is 2.27. The third-order valence-electron chi connectivity index (χ3n) is 3.03. The first kappa shape index (κ1) is 11.9. The van der Waals surface area contributed by atoms with Crippen molar-refractivity contribution < 1.29 is 9.53 Å². The molecule has 1 amide bonds. The number of anilines is 1.